The molecule has 0 spiro atoms. The maximum absolute atomic E-state index is 13.4. The number of benzene rings is 1. The van der Waals surface area contributed by atoms with Crippen molar-refractivity contribution < 1.29 is 9.31 Å². The molecule has 3 nitrogen and oxygen atoms in total. The van der Waals surface area contributed by atoms with Gasteiger partial charge in [-0.15, -0.1) is 11.6 Å². The number of alkyl halides is 1. The van der Waals surface area contributed by atoms with E-state index in [4.69, 9.17) is 11.6 Å². The Kier molecular flexibility index (Phi) is 4.68. The second-order valence-electron chi connectivity index (χ2n) is 5.42. The van der Waals surface area contributed by atoms with Crippen molar-refractivity contribution in [1.82, 2.24) is 0 Å². The zero-order valence-electron chi connectivity index (χ0n) is 10.7. The molecule has 5 heteroatoms. The summed E-state index contributed by atoms with van der Waals surface area (Å²) in [7, 11) is 0. The second kappa shape index (κ2) is 5.65. The first-order chi connectivity index (χ1) is 8.21. The van der Waals surface area contributed by atoms with Crippen LogP contribution in [0.25, 0.3) is 0 Å². The number of hydrogen-bond donors (Lipinski definition) is 0. The molecule has 1 unspecified atom stereocenters. The summed E-state index contributed by atoms with van der Waals surface area (Å²) >= 11 is 6.23. The van der Waals surface area contributed by atoms with Crippen LogP contribution in [0.2, 0.25) is 0 Å². The predicted octanol–water partition coefficient (Wildman–Crippen LogP) is 4.32. The highest BCUT2D eigenvalue weighted by atomic mass is 35.5. The summed E-state index contributed by atoms with van der Waals surface area (Å²) in [6.45, 7) is 6.13. The molecule has 0 aliphatic heterocycles. The average Bonchev–Trinajstić information content (AvgIpc) is 2.24. The molecule has 0 saturated carbocycles. The summed E-state index contributed by atoms with van der Waals surface area (Å²) in [6.07, 6.45) is 1.32. The molecule has 0 bridgehead atoms. The number of nitrogens with zero attached hydrogens (tertiary/aromatic N) is 1. The molecule has 1 aromatic carbocycles. The summed E-state index contributed by atoms with van der Waals surface area (Å²) < 4.78 is 13.4. The Balaban J connectivity index is 2.70. The van der Waals surface area contributed by atoms with Crippen molar-refractivity contribution >= 4 is 17.3 Å². The monoisotopic (exact) mass is 273 g/mol. The molecular formula is C13H17ClFNO2. The smallest absolute Gasteiger partial charge is 0.258 e. The van der Waals surface area contributed by atoms with Gasteiger partial charge in [-0.05, 0) is 29.9 Å². The first kappa shape index (κ1) is 14.9. The quantitative estimate of drug-likeness (QED) is 0.466. The molecule has 1 atom stereocenters. The molecule has 1 rings (SSSR count). The Morgan fingerprint density at radius 2 is 2.06 bits per heavy atom. The van der Waals surface area contributed by atoms with Gasteiger partial charge in [-0.2, -0.15) is 4.39 Å². The Morgan fingerprint density at radius 1 is 1.44 bits per heavy atom. The third-order valence-corrected chi connectivity index (χ3v) is 3.71. The van der Waals surface area contributed by atoms with Gasteiger partial charge in [-0.1, -0.05) is 26.8 Å². The average molecular weight is 274 g/mol. The molecule has 0 aliphatic carbocycles. The van der Waals surface area contributed by atoms with Crippen LogP contribution in [0.5, 0.6) is 0 Å². The van der Waals surface area contributed by atoms with E-state index < -0.39 is 16.4 Å². The lowest BCUT2D eigenvalue weighted by Gasteiger charge is -2.24. The van der Waals surface area contributed by atoms with Gasteiger partial charge in [0.15, 0.2) is 0 Å². The van der Waals surface area contributed by atoms with Crippen LogP contribution in [0.3, 0.4) is 0 Å². The van der Waals surface area contributed by atoms with E-state index in [1.165, 1.54) is 12.1 Å². The van der Waals surface area contributed by atoms with Crippen molar-refractivity contribution in [3.8, 4) is 0 Å². The normalized spacial score (nSPS) is 13.4. The van der Waals surface area contributed by atoms with Crippen molar-refractivity contribution in [1.29, 1.82) is 0 Å². The maximum Gasteiger partial charge on any atom is 0.304 e. The van der Waals surface area contributed by atoms with Crippen molar-refractivity contribution in [3.05, 3.63) is 39.7 Å². The Labute approximate surface area is 111 Å². The molecule has 0 fully saturated rings. The second-order valence-corrected chi connectivity index (χ2v) is 5.94. The zero-order chi connectivity index (χ0) is 13.9. The molecule has 100 valence electrons. The number of nitro groups is 1. The van der Waals surface area contributed by atoms with Gasteiger partial charge in [0.1, 0.15) is 0 Å². The molecule has 0 heterocycles. The van der Waals surface area contributed by atoms with Crippen LogP contribution in [-0.2, 0) is 6.42 Å². The van der Waals surface area contributed by atoms with Crippen LogP contribution in [-0.4, -0.2) is 10.3 Å². The number of halogens is 2. The minimum absolute atomic E-state index is 0.0130. The van der Waals surface area contributed by atoms with Gasteiger partial charge in [-0.3, -0.25) is 10.1 Å². The lowest BCUT2D eigenvalue weighted by Crippen LogP contribution is -2.21. The largest absolute Gasteiger partial charge is 0.304 e. The predicted molar refractivity (Wildman–Crippen MR) is 70.5 cm³/mol. The molecule has 0 aromatic heterocycles. The first-order valence-corrected chi connectivity index (χ1v) is 6.22. The number of aryl methyl sites for hydroxylation is 1. The molecule has 1 aromatic rings. The minimum Gasteiger partial charge on any atom is -0.258 e. The van der Waals surface area contributed by atoms with Crippen LogP contribution in [0.15, 0.2) is 18.2 Å². The van der Waals surface area contributed by atoms with E-state index in [9.17, 15) is 14.5 Å². The van der Waals surface area contributed by atoms with Gasteiger partial charge in [0.2, 0.25) is 5.82 Å². The fourth-order valence-corrected chi connectivity index (χ4v) is 1.69. The first-order valence-electron chi connectivity index (χ1n) is 5.78. The summed E-state index contributed by atoms with van der Waals surface area (Å²) in [5.41, 5.74) is 0.228. The van der Waals surface area contributed by atoms with Crippen molar-refractivity contribution in [2.75, 3.05) is 0 Å². The van der Waals surface area contributed by atoms with Gasteiger partial charge in [0.05, 0.1) is 4.92 Å². The molecule has 0 amide bonds. The number of hydrogen-bond acceptors (Lipinski definition) is 2. The van der Waals surface area contributed by atoms with Crippen molar-refractivity contribution in [2.24, 2.45) is 5.41 Å². The summed E-state index contributed by atoms with van der Waals surface area (Å²) in [5, 5.41) is 10.5. The highest BCUT2D eigenvalue weighted by molar-refractivity contribution is 6.21. The van der Waals surface area contributed by atoms with E-state index in [1.807, 2.05) is 20.8 Å². The third-order valence-electron chi connectivity index (χ3n) is 2.83. The van der Waals surface area contributed by atoms with Crippen LogP contribution >= 0.6 is 11.6 Å². The highest BCUT2D eigenvalue weighted by Crippen LogP contribution is 2.28. The SMILES string of the molecule is CC(C)(C)C(Cl)CCc1ccc([N+](=O)[O-])c(F)c1. The Morgan fingerprint density at radius 3 is 2.50 bits per heavy atom. The van der Waals surface area contributed by atoms with Gasteiger partial charge < -0.3 is 0 Å². The van der Waals surface area contributed by atoms with Gasteiger partial charge in [-0.25, -0.2) is 0 Å². The van der Waals surface area contributed by atoms with E-state index >= 15 is 0 Å². The Hall–Kier alpha value is -1.16. The van der Waals surface area contributed by atoms with Gasteiger partial charge in [0.25, 0.3) is 0 Å². The van der Waals surface area contributed by atoms with Gasteiger partial charge in [0, 0.05) is 11.4 Å². The van der Waals surface area contributed by atoms with Crippen LogP contribution in [0.4, 0.5) is 10.1 Å². The Bertz CT molecular complexity index is 443. The lowest BCUT2D eigenvalue weighted by molar-refractivity contribution is -0.387. The molecule has 18 heavy (non-hydrogen) atoms. The molecule has 0 aliphatic rings. The summed E-state index contributed by atoms with van der Waals surface area (Å²) in [4.78, 5) is 9.75. The van der Waals surface area contributed by atoms with Crippen LogP contribution in [0, 0.1) is 21.3 Å². The number of nitro benzene ring substituents is 1. The van der Waals surface area contributed by atoms with E-state index in [-0.39, 0.29) is 10.8 Å². The highest BCUT2D eigenvalue weighted by Gasteiger charge is 2.22. The standard InChI is InChI=1S/C13H17ClFNO2/c1-13(2,3)12(14)7-5-9-4-6-11(16(17)18)10(15)8-9/h4,6,8,12H,5,7H2,1-3H3. The summed E-state index contributed by atoms with van der Waals surface area (Å²) in [5.74, 6) is -0.792. The van der Waals surface area contributed by atoms with E-state index in [0.29, 0.717) is 12.8 Å². The van der Waals surface area contributed by atoms with E-state index in [1.54, 1.807) is 6.07 Å². The van der Waals surface area contributed by atoms with Crippen molar-refractivity contribution in [3.63, 3.8) is 0 Å². The zero-order valence-corrected chi connectivity index (χ0v) is 11.5. The molecular weight excluding hydrogens is 257 g/mol. The maximum atomic E-state index is 13.4. The van der Waals surface area contributed by atoms with E-state index in [0.717, 1.165) is 5.56 Å². The lowest BCUT2D eigenvalue weighted by atomic mass is 9.88. The topological polar surface area (TPSA) is 43.1 Å². The summed E-state index contributed by atoms with van der Waals surface area (Å²) in [6, 6.07) is 3.99. The third kappa shape index (κ3) is 3.95. The van der Waals surface area contributed by atoms with E-state index in [2.05, 4.69) is 0 Å². The fraction of sp³-hybridized carbons (Fsp3) is 0.538. The van der Waals surface area contributed by atoms with Gasteiger partial charge >= 0.3 is 5.69 Å². The molecule has 0 N–H and O–H groups in total. The molecule has 0 radical (unpaired) electrons. The van der Waals surface area contributed by atoms with Crippen LogP contribution in [0.1, 0.15) is 32.8 Å². The molecule has 0 saturated heterocycles. The fourth-order valence-electron chi connectivity index (χ4n) is 1.58. The number of rotatable bonds is 4. The van der Waals surface area contributed by atoms with Crippen LogP contribution < -0.4 is 0 Å². The van der Waals surface area contributed by atoms with Crippen molar-refractivity contribution in [2.45, 2.75) is 39.0 Å². The minimum atomic E-state index is -0.792.